The van der Waals surface area contributed by atoms with Gasteiger partial charge in [0.2, 0.25) is 11.9 Å². The first-order valence-electron chi connectivity index (χ1n) is 9.06. The van der Waals surface area contributed by atoms with E-state index in [-0.39, 0.29) is 17.7 Å². The highest BCUT2D eigenvalue weighted by Gasteiger charge is 2.24. The molecule has 140 valence electrons. The van der Waals surface area contributed by atoms with Crippen molar-refractivity contribution in [3.8, 4) is 0 Å². The lowest BCUT2D eigenvalue weighted by atomic mass is 10.0. The van der Waals surface area contributed by atoms with Gasteiger partial charge in [-0.3, -0.25) is 14.9 Å². The smallest absolute Gasteiger partial charge is 0.252 e. The van der Waals surface area contributed by atoms with E-state index >= 15 is 0 Å². The number of hydrogen-bond donors (Lipinski definition) is 3. The molecule has 3 rings (SSSR count). The summed E-state index contributed by atoms with van der Waals surface area (Å²) in [6.07, 6.45) is 0.531. The standard InChI is InChI=1S/C21H24N4O2/c1-13(2)12-18(22-19(26)15-9-5-4-8-14(15)3)20(27)25-21-23-16-10-6-7-11-17(16)24-21/h4-11,13,18H,12H2,1-3H3,(H,22,26)(H2,23,24,25,27)/t18-/m1/s1. The van der Waals surface area contributed by atoms with Crippen LogP contribution in [-0.4, -0.2) is 27.8 Å². The van der Waals surface area contributed by atoms with Crippen molar-refractivity contribution in [1.82, 2.24) is 15.3 Å². The number of anilines is 1. The summed E-state index contributed by atoms with van der Waals surface area (Å²) < 4.78 is 0. The molecule has 0 unspecified atom stereocenters. The number of fused-ring (bicyclic) bond motifs is 1. The lowest BCUT2D eigenvalue weighted by Gasteiger charge is -2.20. The maximum absolute atomic E-state index is 12.8. The number of aromatic amines is 1. The second kappa shape index (κ2) is 8.03. The van der Waals surface area contributed by atoms with Crippen LogP contribution in [0.4, 0.5) is 5.95 Å². The van der Waals surface area contributed by atoms with E-state index in [1.165, 1.54) is 0 Å². The number of nitrogens with one attached hydrogen (secondary N) is 3. The Labute approximate surface area is 158 Å². The summed E-state index contributed by atoms with van der Waals surface area (Å²) in [7, 11) is 0. The first-order chi connectivity index (χ1) is 12.9. The topological polar surface area (TPSA) is 86.9 Å². The number of para-hydroxylation sites is 2. The molecule has 6 heteroatoms. The molecule has 0 bridgehead atoms. The van der Waals surface area contributed by atoms with Gasteiger partial charge in [-0.15, -0.1) is 0 Å². The molecule has 3 N–H and O–H groups in total. The van der Waals surface area contributed by atoms with Crippen molar-refractivity contribution in [3.63, 3.8) is 0 Å². The molecule has 0 fully saturated rings. The van der Waals surface area contributed by atoms with Crippen LogP contribution in [0.2, 0.25) is 0 Å². The van der Waals surface area contributed by atoms with E-state index in [4.69, 9.17) is 0 Å². The van der Waals surface area contributed by atoms with Crippen LogP contribution in [0.3, 0.4) is 0 Å². The van der Waals surface area contributed by atoms with Crippen LogP contribution in [0.5, 0.6) is 0 Å². The largest absolute Gasteiger partial charge is 0.340 e. The Morgan fingerprint density at radius 3 is 2.48 bits per heavy atom. The lowest BCUT2D eigenvalue weighted by molar-refractivity contribution is -0.118. The summed E-state index contributed by atoms with van der Waals surface area (Å²) in [5.74, 6) is 0.0805. The number of carbonyl (C=O) groups excluding carboxylic acids is 2. The van der Waals surface area contributed by atoms with Crippen molar-refractivity contribution in [3.05, 3.63) is 59.7 Å². The third-order valence-electron chi connectivity index (χ3n) is 4.35. The van der Waals surface area contributed by atoms with Crippen molar-refractivity contribution in [2.45, 2.75) is 33.2 Å². The van der Waals surface area contributed by atoms with E-state index in [1.54, 1.807) is 6.07 Å². The molecular formula is C21H24N4O2. The number of aromatic nitrogens is 2. The number of carbonyl (C=O) groups is 2. The fraction of sp³-hybridized carbons (Fsp3) is 0.286. The fourth-order valence-corrected chi connectivity index (χ4v) is 2.98. The van der Waals surface area contributed by atoms with Gasteiger partial charge >= 0.3 is 0 Å². The van der Waals surface area contributed by atoms with Gasteiger partial charge in [-0.1, -0.05) is 44.2 Å². The maximum Gasteiger partial charge on any atom is 0.252 e. The Hall–Kier alpha value is -3.15. The van der Waals surface area contributed by atoms with Crippen molar-refractivity contribution >= 4 is 28.8 Å². The maximum atomic E-state index is 12.8. The quantitative estimate of drug-likeness (QED) is 0.624. The van der Waals surface area contributed by atoms with E-state index in [0.717, 1.165) is 16.6 Å². The number of amides is 2. The molecule has 0 radical (unpaired) electrons. The van der Waals surface area contributed by atoms with Crippen LogP contribution in [-0.2, 0) is 4.79 Å². The monoisotopic (exact) mass is 364 g/mol. The van der Waals surface area contributed by atoms with Crippen LogP contribution in [0.1, 0.15) is 36.2 Å². The number of hydrogen-bond acceptors (Lipinski definition) is 3. The second-order valence-corrected chi connectivity index (χ2v) is 7.06. The minimum absolute atomic E-state index is 0.244. The van der Waals surface area contributed by atoms with E-state index in [9.17, 15) is 9.59 Å². The predicted molar refractivity (Wildman–Crippen MR) is 107 cm³/mol. The third kappa shape index (κ3) is 4.53. The molecule has 3 aromatic rings. The minimum atomic E-state index is -0.648. The van der Waals surface area contributed by atoms with Gasteiger partial charge in [0.15, 0.2) is 0 Å². The Bertz CT molecular complexity index is 928. The fourth-order valence-electron chi connectivity index (χ4n) is 2.98. The van der Waals surface area contributed by atoms with E-state index in [0.29, 0.717) is 17.9 Å². The van der Waals surface area contributed by atoms with Crippen LogP contribution in [0, 0.1) is 12.8 Å². The zero-order valence-electron chi connectivity index (χ0n) is 15.7. The molecule has 0 spiro atoms. The molecule has 1 heterocycles. The van der Waals surface area contributed by atoms with Gasteiger partial charge in [0.05, 0.1) is 11.0 Å². The Morgan fingerprint density at radius 1 is 1.07 bits per heavy atom. The van der Waals surface area contributed by atoms with E-state index < -0.39 is 6.04 Å². The molecule has 2 aromatic carbocycles. The first kappa shape index (κ1) is 18.6. The van der Waals surface area contributed by atoms with Gasteiger partial charge in [-0.05, 0) is 43.0 Å². The number of nitrogens with zero attached hydrogens (tertiary/aromatic N) is 1. The van der Waals surface area contributed by atoms with Crippen LogP contribution >= 0.6 is 0 Å². The van der Waals surface area contributed by atoms with E-state index in [2.05, 4.69) is 20.6 Å². The van der Waals surface area contributed by atoms with Gasteiger partial charge in [-0.2, -0.15) is 0 Å². The molecule has 0 aliphatic carbocycles. The number of rotatable bonds is 6. The molecule has 6 nitrogen and oxygen atoms in total. The summed E-state index contributed by atoms with van der Waals surface area (Å²) in [4.78, 5) is 32.9. The summed E-state index contributed by atoms with van der Waals surface area (Å²) in [5.41, 5.74) is 3.06. The van der Waals surface area contributed by atoms with Gasteiger partial charge in [-0.25, -0.2) is 4.98 Å². The lowest BCUT2D eigenvalue weighted by Crippen LogP contribution is -2.44. The third-order valence-corrected chi connectivity index (χ3v) is 4.35. The van der Waals surface area contributed by atoms with Crippen molar-refractivity contribution < 1.29 is 9.59 Å². The molecule has 2 amide bonds. The highest BCUT2D eigenvalue weighted by Crippen LogP contribution is 2.15. The van der Waals surface area contributed by atoms with E-state index in [1.807, 2.05) is 63.2 Å². The summed E-state index contributed by atoms with van der Waals surface area (Å²) in [6, 6.07) is 14.2. The van der Waals surface area contributed by atoms with Crippen molar-refractivity contribution in [2.24, 2.45) is 5.92 Å². The number of benzene rings is 2. The zero-order valence-corrected chi connectivity index (χ0v) is 15.7. The first-order valence-corrected chi connectivity index (χ1v) is 9.06. The van der Waals surface area contributed by atoms with Crippen LogP contribution in [0.25, 0.3) is 11.0 Å². The molecule has 0 aliphatic rings. The Kier molecular flexibility index (Phi) is 5.54. The SMILES string of the molecule is Cc1ccccc1C(=O)N[C@H](CC(C)C)C(=O)Nc1nc2ccccc2[nH]1. The second-order valence-electron chi connectivity index (χ2n) is 7.06. The Morgan fingerprint density at radius 2 is 1.78 bits per heavy atom. The highest BCUT2D eigenvalue weighted by atomic mass is 16.2. The molecule has 1 aromatic heterocycles. The van der Waals surface area contributed by atoms with Crippen LogP contribution < -0.4 is 10.6 Å². The van der Waals surface area contributed by atoms with Crippen LogP contribution in [0.15, 0.2) is 48.5 Å². The van der Waals surface area contributed by atoms with Gasteiger partial charge in [0.25, 0.3) is 5.91 Å². The molecule has 0 aliphatic heterocycles. The molecular weight excluding hydrogens is 340 g/mol. The summed E-state index contributed by atoms with van der Waals surface area (Å²) in [5, 5.41) is 5.65. The number of imidazole rings is 1. The summed E-state index contributed by atoms with van der Waals surface area (Å²) >= 11 is 0. The number of H-pyrrole nitrogens is 1. The highest BCUT2D eigenvalue weighted by molar-refractivity contribution is 6.01. The minimum Gasteiger partial charge on any atom is -0.340 e. The molecule has 27 heavy (non-hydrogen) atoms. The normalized spacial score (nSPS) is 12.1. The Balaban J connectivity index is 1.76. The predicted octanol–water partition coefficient (Wildman–Crippen LogP) is 3.65. The van der Waals surface area contributed by atoms with Gasteiger partial charge in [0.1, 0.15) is 6.04 Å². The molecule has 1 atom stereocenters. The molecule has 0 saturated carbocycles. The van der Waals surface area contributed by atoms with Crippen molar-refractivity contribution in [2.75, 3.05) is 5.32 Å². The summed E-state index contributed by atoms with van der Waals surface area (Å²) in [6.45, 7) is 5.91. The van der Waals surface area contributed by atoms with Crippen molar-refractivity contribution in [1.29, 1.82) is 0 Å². The average Bonchev–Trinajstić information content (AvgIpc) is 3.03. The molecule has 0 saturated heterocycles. The average molecular weight is 364 g/mol. The van der Waals surface area contributed by atoms with Gasteiger partial charge < -0.3 is 10.3 Å². The number of aryl methyl sites for hydroxylation is 1. The van der Waals surface area contributed by atoms with Gasteiger partial charge in [0, 0.05) is 5.56 Å². The zero-order chi connectivity index (χ0) is 19.4.